The Hall–Kier alpha value is -2.66. The third-order valence-corrected chi connectivity index (χ3v) is 7.89. The lowest BCUT2D eigenvalue weighted by Gasteiger charge is -2.41. The van der Waals surface area contributed by atoms with Gasteiger partial charge in [-0.25, -0.2) is 0 Å². The molecule has 1 fully saturated rings. The van der Waals surface area contributed by atoms with Crippen LogP contribution in [0, 0.1) is 0 Å². The minimum atomic E-state index is -1.03. The molecule has 3 amide bonds. The highest BCUT2D eigenvalue weighted by atomic mass is 35.5. The quantitative estimate of drug-likeness (QED) is 0.188. The SMILES string of the molecule is CCOC(=O)CN(C(=O)CC1C(=O)N(CCOC)CC(=O)N1CCc1cccs1)C(Cl)Cc1ccc(Cl)cc1. The summed E-state index contributed by atoms with van der Waals surface area (Å²) in [6.07, 6.45) is 0.478. The van der Waals surface area contributed by atoms with E-state index in [2.05, 4.69) is 0 Å². The molecule has 1 saturated heterocycles. The van der Waals surface area contributed by atoms with Gasteiger partial charge in [0, 0.05) is 36.5 Å². The molecule has 9 nitrogen and oxygen atoms in total. The van der Waals surface area contributed by atoms with E-state index in [0.717, 1.165) is 10.4 Å². The van der Waals surface area contributed by atoms with Crippen molar-refractivity contribution in [2.24, 2.45) is 0 Å². The predicted molar refractivity (Wildman–Crippen MR) is 150 cm³/mol. The van der Waals surface area contributed by atoms with Crippen LogP contribution in [-0.4, -0.2) is 96.4 Å². The fourth-order valence-corrected chi connectivity index (χ4v) is 5.48. The molecule has 2 unspecified atom stereocenters. The van der Waals surface area contributed by atoms with Crippen LogP contribution in [0.2, 0.25) is 5.02 Å². The number of thiophene rings is 1. The van der Waals surface area contributed by atoms with Crippen molar-refractivity contribution in [3.05, 3.63) is 57.2 Å². The summed E-state index contributed by atoms with van der Waals surface area (Å²) >= 11 is 14.2. The minimum absolute atomic E-state index is 0.0848. The Labute approximate surface area is 242 Å². The van der Waals surface area contributed by atoms with Crippen LogP contribution in [0.5, 0.6) is 0 Å². The summed E-state index contributed by atoms with van der Waals surface area (Å²) in [5, 5.41) is 2.51. The van der Waals surface area contributed by atoms with E-state index >= 15 is 0 Å². The number of nitrogens with zero attached hydrogens (tertiary/aromatic N) is 3. The number of hydrogen-bond acceptors (Lipinski definition) is 7. The van der Waals surface area contributed by atoms with Gasteiger partial charge in [0.15, 0.2) is 0 Å². The molecule has 1 aliphatic rings. The third kappa shape index (κ3) is 8.93. The second-order valence-electron chi connectivity index (χ2n) is 8.98. The molecule has 2 aromatic rings. The second kappa shape index (κ2) is 15.2. The molecule has 0 N–H and O–H groups in total. The summed E-state index contributed by atoms with van der Waals surface area (Å²) in [5.41, 5.74) is -0.0880. The van der Waals surface area contributed by atoms with Crippen LogP contribution in [0.3, 0.4) is 0 Å². The lowest BCUT2D eigenvalue weighted by molar-refractivity contribution is -0.159. The first kappa shape index (κ1) is 30.9. The topological polar surface area (TPSA) is 96.5 Å². The number of rotatable bonds is 14. The van der Waals surface area contributed by atoms with Crippen LogP contribution < -0.4 is 0 Å². The fraction of sp³-hybridized carbons (Fsp3) is 0.481. The van der Waals surface area contributed by atoms with Crippen molar-refractivity contribution in [3.8, 4) is 0 Å². The molecule has 0 bridgehead atoms. The van der Waals surface area contributed by atoms with Crippen molar-refractivity contribution in [2.75, 3.05) is 46.5 Å². The molecule has 39 heavy (non-hydrogen) atoms. The maximum absolute atomic E-state index is 13.7. The maximum Gasteiger partial charge on any atom is 0.325 e. The lowest BCUT2D eigenvalue weighted by Crippen LogP contribution is -2.62. The summed E-state index contributed by atoms with van der Waals surface area (Å²) in [6, 6.07) is 9.85. The van der Waals surface area contributed by atoms with Gasteiger partial charge < -0.3 is 24.2 Å². The number of halogens is 2. The third-order valence-electron chi connectivity index (χ3n) is 6.31. The first-order chi connectivity index (χ1) is 18.7. The Kier molecular flexibility index (Phi) is 12.0. The van der Waals surface area contributed by atoms with Crippen LogP contribution in [0.1, 0.15) is 23.8 Å². The molecule has 1 aromatic heterocycles. The molecule has 2 heterocycles. The number of hydrogen-bond donors (Lipinski definition) is 0. The zero-order chi connectivity index (χ0) is 28.4. The van der Waals surface area contributed by atoms with Gasteiger partial charge in [0.2, 0.25) is 17.7 Å². The number of ether oxygens (including phenoxy) is 2. The summed E-state index contributed by atoms with van der Waals surface area (Å²) in [5.74, 6) is -1.74. The van der Waals surface area contributed by atoms with Crippen molar-refractivity contribution in [1.29, 1.82) is 0 Å². The molecular weight excluding hydrogens is 565 g/mol. The molecule has 1 aromatic carbocycles. The Bertz CT molecular complexity index is 1120. The van der Waals surface area contributed by atoms with E-state index < -0.39 is 23.4 Å². The summed E-state index contributed by atoms with van der Waals surface area (Å²) in [6.45, 7) is 2.12. The van der Waals surface area contributed by atoms with Gasteiger partial charge in [0.05, 0.1) is 26.2 Å². The summed E-state index contributed by atoms with van der Waals surface area (Å²) in [7, 11) is 1.51. The van der Waals surface area contributed by atoms with E-state index in [4.69, 9.17) is 32.7 Å². The smallest absolute Gasteiger partial charge is 0.325 e. The number of esters is 1. The van der Waals surface area contributed by atoms with Gasteiger partial charge in [0.25, 0.3) is 0 Å². The molecular formula is C27H33Cl2N3O6S. The van der Waals surface area contributed by atoms with E-state index in [0.29, 0.717) is 11.4 Å². The first-order valence-corrected chi connectivity index (χ1v) is 14.4. The Morgan fingerprint density at radius 3 is 2.56 bits per heavy atom. The van der Waals surface area contributed by atoms with E-state index in [1.807, 2.05) is 17.5 Å². The number of carbonyl (C=O) groups is 4. The van der Waals surface area contributed by atoms with Crippen LogP contribution in [0.4, 0.5) is 0 Å². The van der Waals surface area contributed by atoms with E-state index in [1.165, 1.54) is 21.8 Å². The number of benzene rings is 1. The molecule has 212 valence electrons. The second-order valence-corrected chi connectivity index (χ2v) is 11.0. The van der Waals surface area contributed by atoms with E-state index in [-0.39, 0.29) is 64.0 Å². The van der Waals surface area contributed by atoms with Crippen molar-refractivity contribution in [2.45, 2.75) is 37.7 Å². The number of alkyl halides is 1. The molecule has 0 saturated carbocycles. The van der Waals surface area contributed by atoms with Gasteiger partial charge in [-0.3, -0.25) is 19.2 Å². The Morgan fingerprint density at radius 1 is 1.18 bits per heavy atom. The normalized spacial score (nSPS) is 16.4. The molecule has 0 radical (unpaired) electrons. The monoisotopic (exact) mass is 597 g/mol. The van der Waals surface area contributed by atoms with E-state index in [1.54, 1.807) is 42.5 Å². The highest BCUT2D eigenvalue weighted by Gasteiger charge is 2.41. The molecule has 0 spiro atoms. The van der Waals surface area contributed by atoms with Gasteiger partial charge in [-0.15, -0.1) is 11.3 Å². The fourth-order valence-electron chi connectivity index (χ4n) is 4.30. The average molecular weight is 599 g/mol. The van der Waals surface area contributed by atoms with Crippen LogP contribution in [0.15, 0.2) is 41.8 Å². The average Bonchev–Trinajstić information content (AvgIpc) is 3.43. The largest absolute Gasteiger partial charge is 0.465 e. The highest BCUT2D eigenvalue weighted by Crippen LogP contribution is 2.22. The zero-order valence-corrected chi connectivity index (χ0v) is 24.3. The maximum atomic E-state index is 13.7. The van der Waals surface area contributed by atoms with Gasteiger partial charge in [-0.1, -0.05) is 41.4 Å². The van der Waals surface area contributed by atoms with Crippen molar-refractivity contribution >= 4 is 58.2 Å². The van der Waals surface area contributed by atoms with Crippen molar-refractivity contribution in [1.82, 2.24) is 14.7 Å². The van der Waals surface area contributed by atoms with Crippen LogP contribution >= 0.6 is 34.5 Å². The van der Waals surface area contributed by atoms with Gasteiger partial charge in [-0.05, 0) is 42.5 Å². The molecule has 2 atom stereocenters. The summed E-state index contributed by atoms with van der Waals surface area (Å²) < 4.78 is 10.2. The Morgan fingerprint density at radius 2 is 1.92 bits per heavy atom. The van der Waals surface area contributed by atoms with Crippen LogP contribution in [-0.2, 0) is 41.5 Å². The van der Waals surface area contributed by atoms with Gasteiger partial charge in [-0.2, -0.15) is 0 Å². The van der Waals surface area contributed by atoms with Crippen molar-refractivity contribution < 1.29 is 28.7 Å². The van der Waals surface area contributed by atoms with E-state index in [9.17, 15) is 19.2 Å². The minimum Gasteiger partial charge on any atom is -0.465 e. The zero-order valence-electron chi connectivity index (χ0n) is 22.0. The molecule has 0 aliphatic carbocycles. The highest BCUT2D eigenvalue weighted by molar-refractivity contribution is 7.09. The number of carbonyl (C=O) groups excluding carboxylic acids is 4. The molecule has 3 rings (SSSR count). The number of piperazine rings is 1. The predicted octanol–water partition coefficient (Wildman–Crippen LogP) is 3.22. The number of amides is 3. The summed E-state index contributed by atoms with van der Waals surface area (Å²) in [4.78, 5) is 57.9. The standard InChI is InChI=1S/C27H33Cl2N3O6S/c1-3-38-26(35)18-32(23(29)15-19-6-8-20(28)9-7-19)24(33)16-22-27(36)30(12-13-37-2)17-25(34)31(22)11-10-21-5-4-14-39-21/h4-9,14,22-23H,3,10-13,15-18H2,1-2H3. The number of methoxy groups -OCH3 is 1. The molecule has 1 aliphatic heterocycles. The molecule has 12 heteroatoms. The lowest BCUT2D eigenvalue weighted by atomic mass is 10.0. The van der Waals surface area contributed by atoms with Gasteiger partial charge in [0.1, 0.15) is 18.1 Å². The first-order valence-electron chi connectivity index (χ1n) is 12.7. The van der Waals surface area contributed by atoms with Gasteiger partial charge >= 0.3 is 5.97 Å². The Balaban J connectivity index is 1.82. The van der Waals surface area contributed by atoms with Crippen LogP contribution in [0.25, 0.3) is 0 Å². The van der Waals surface area contributed by atoms with Crippen molar-refractivity contribution in [3.63, 3.8) is 0 Å².